The lowest BCUT2D eigenvalue weighted by Gasteiger charge is -2.00. The molecule has 14 heavy (non-hydrogen) atoms. The van der Waals surface area contributed by atoms with Crippen LogP contribution < -0.4 is 5.56 Å². The second-order valence-electron chi connectivity index (χ2n) is 2.61. The van der Waals surface area contributed by atoms with Gasteiger partial charge in [-0.15, -0.1) is 0 Å². The van der Waals surface area contributed by atoms with Gasteiger partial charge in [-0.2, -0.15) is 0 Å². The van der Waals surface area contributed by atoms with E-state index >= 15 is 0 Å². The smallest absolute Gasteiger partial charge is 0.261 e. The predicted molar refractivity (Wildman–Crippen MR) is 47.3 cm³/mol. The first-order chi connectivity index (χ1) is 6.61. The zero-order valence-corrected chi connectivity index (χ0v) is 7.40. The summed E-state index contributed by atoms with van der Waals surface area (Å²) >= 11 is 5.38. The molecule has 3 nitrogen and oxygen atoms in total. The summed E-state index contributed by atoms with van der Waals surface area (Å²) < 4.78 is 26.2. The quantitative estimate of drug-likeness (QED) is 0.683. The van der Waals surface area contributed by atoms with Crippen LogP contribution in [0, 0.1) is 11.6 Å². The van der Waals surface area contributed by atoms with Gasteiger partial charge < -0.3 is 4.98 Å². The molecule has 1 aromatic heterocycles. The lowest BCUT2D eigenvalue weighted by molar-refractivity contribution is 0.516. The monoisotopic (exact) mass is 216 g/mol. The molecule has 0 unspecified atom stereocenters. The number of aromatic nitrogens is 2. The largest absolute Gasteiger partial charge is 0.313 e. The predicted octanol–water partition coefficient (Wildman–Crippen LogP) is 1.85. The van der Waals surface area contributed by atoms with Crippen molar-refractivity contribution in [3.8, 4) is 0 Å². The van der Waals surface area contributed by atoms with E-state index < -0.39 is 27.6 Å². The second kappa shape index (κ2) is 3.02. The Kier molecular flexibility index (Phi) is 1.96. The molecule has 72 valence electrons. The van der Waals surface area contributed by atoms with Gasteiger partial charge in [-0.1, -0.05) is 11.6 Å². The van der Waals surface area contributed by atoms with Crippen LogP contribution in [0.3, 0.4) is 0 Å². The molecule has 1 N–H and O–H groups in total. The molecule has 2 aromatic rings. The molecule has 0 spiro atoms. The maximum absolute atomic E-state index is 13.2. The van der Waals surface area contributed by atoms with Crippen molar-refractivity contribution in [2.75, 3.05) is 0 Å². The fourth-order valence-corrected chi connectivity index (χ4v) is 1.32. The Hall–Kier alpha value is -1.49. The zero-order chi connectivity index (χ0) is 10.3. The highest BCUT2D eigenvalue weighted by molar-refractivity contribution is 6.31. The molecule has 1 heterocycles. The van der Waals surface area contributed by atoms with E-state index in [4.69, 9.17) is 11.6 Å². The molecule has 0 amide bonds. The molecular weight excluding hydrogens is 214 g/mol. The number of fused-ring (bicyclic) bond motifs is 1. The van der Waals surface area contributed by atoms with E-state index in [2.05, 4.69) is 9.97 Å². The average Bonchev–Trinajstić information content (AvgIpc) is 2.14. The molecule has 0 aliphatic heterocycles. The fraction of sp³-hybridized carbons (Fsp3) is 0. The normalized spacial score (nSPS) is 10.8. The number of rotatable bonds is 0. The molecule has 0 aliphatic rings. The van der Waals surface area contributed by atoms with Crippen molar-refractivity contribution < 1.29 is 8.78 Å². The van der Waals surface area contributed by atoms with E-state index in [9.17, 15) is 13.6 Å². The number of nitrogens with zero attached hydrogens (tertiary/aromatic N) is 1. The molecule has 2 rings (SSSR count). The fourth-order valence-electron chi connectivity index (χ4n) is 1.13. The van der Waals surface area contributed by atoms with Crippen LogP contribution in [0.1, 0.15) is 0 Å². The zero-order valence-electron chi connectivity index (χ0n) is 6.64. The summed E-state index contributed by atoms with van der Waals surface area (Å²) in [5, 5.41) is -0.817. The van der Waals surface area contributed by atoms with E-state index in [1.807, 2.05) is 0 Å². The van der Waals surface area contributed by atoms with Crippen molar-refractivity contribution in [1.82, 2.24) is 9.97 Å². The minimum absolute atomic E-state index is 0.0256. The number of halogens is 3. The maximum Gasteiger partial charge on any atom is 0.261 e. The summed E-state index contributed by atoms with van der Waals surface area (Å²) in [7, 11) is 0. The first kappa shape index (κ1) is 9.08. The van der Waals surface area contributed by atoms with E-state index in [0.717, 1.165) is 12.4 Å². The highest BCUT2D eigenvalue weighted by Crippen LogP contribution is 2.22. The summed E-state index contributed by atoms with van der Waals surface area (Å²) in [6.45, 7) is 0. The lowest BCUT2D eigenvalue weighted by Crippen LogP contribution is -2.09. The molecule has 0 radical (unpaired) electrons. The molecule has 0 saturated heterocycles. The molecule has 0 bridgehead atoms. The standard InChI is InChI=1S/C8H3ClF2N2O/c9-3-1-4-5(7(11)6(3)10)8(14)13-2-12-4/h1-2H,(H,12,13,14). The molecule has 0 fully saturated rings. The molecule has 6 heteroatoms. The van der Waals surface area contributed by atoms with Gasteiger partial charge in [-0.3, -0.25) is 4.79 Å². The Morgan fingerprint density at radius 1 is 1.36 bits per heavy atom. The van der Waals surface area contributed by atoms with Gasteiger partial charge >= 0.3 is 0 Å². The van der Waals surface area contributed by atoms with Crippen LogP contribution in [0.25, 0.3) is 10.9 Å². The molecular formula is C8H3ClF2N2O. The van der Waals surface area contributed by atoms with Gasteiger partial charge in [-0.25, -0.2) is 13.8 Å². The number of hydrogen-bond donors (Lipinski definition) is 1. The van der Waals surface area contributed by atoms with Gasteiger partial charge in [0.05, 0.1) is 16.9 Å². The third kappa shape index (κ3) is 1.17. The minimum Gasteiger partial charge on any atom is -0.313 e. The van der Waals surface area contributed by atoms with Crippen molar-refractivity contribution in [3.05, 3.63) is 39.4 Å². The van der Waals surface area contributed by atoms with Crippen LogP contribution in [0.2, 0.25) is 5.02 Å². The summed E-state index contributed by atoms with van der Waals surface area (Å²) in [5.74, 6) is -2.51. The van der Waals surface area contributed by atoms with Gasteiger partial charge in [0.25, 0.3) is 5.56 Å². The van der Waals surface area contributed by atoms with E-state index in [0.29, 0.717) is 0 Å². The Morgan fingerprint density at radius 2 is 2.07 bits per heavy atom. The Balaban J connectivity index is 3.07. The number of hydrogen-bond acceptors (Lipinski definition) is 2. The third-order valence-electron chi connectivity index (χ3n) is 1.77. The Bertz CT molecular complexity index is 567. The highest BCUT2D eigenvalue weighted by Gasteiger charge is 2.14. The van der Waals surface area contributed by atoms with Crippen molar-refractivity contribution in [3.63, 3.8) is 0 Å². The van der Waals surface area contributed by atoms with Crippen molar-refractivity contribution >= 4 is 22.5 Å². The number of nitrogens with one attached hydrogen (secondary N) is 1. The Morgan fingerprint density at radius 3 is 2.79 bits per heavy atom. The number of aromatic amines is 1. The average molecular weight is 217 g/mol. The molecule has 0 atom stereocenters. The van der Waals surface area contributed by atoms with Gasteiger partial charge in [0.2, 0.25) is 0 Å². The van der Waals surface area contributed by atoms with E-state index in [-0.39, 0.29) is 5.52 Å². The van der Waals surface area contributed by atoms with Crippen LogP contribution in [0.4, 0.5) is 8.78 Å². The van der Waals surface area contributed by atoms with Crippen molar-refractivity contribution in [1.29, 1.82) is 0 Å². The summed E-state index contributed by atoms with van der Waals surface area (Å²) in [5.41, 5.74) is -0.708. The first-order valence-corrected chi connectivity index (χ1v) is 4.00. The highest BCUT2D eigenvalue weighted by atomic mass is 35.5. The number of benzene rings is 1. The topological polar surface area (TPSA) is 45.8 Å². The van der Waals surface area contributed by atoms with E-state index in [1.54, 1.807) is 0 Å². The Labute approximate surface area is 81.3 Å². The first-order valence-electron chi connectivity index (χ1n) is 3.62. The lowest BCUT2D eigenvalue weighted by atomic mass is 10.2. The third-order valence-corrected chi connectivity index (χ3v) is 2.04. The van der Waals surface area contributed by atoms with Crippen LogP contribution in [0.15, 0.2) is 17.2 Å². The van der Waals surface area contributed by atoms with E-state index in [1.165, 1.54) is 0 Å². The summed E-state index contributed by atoms with van der Waals surface area (Å²) in [6, 6.07) is 1.10. The number of H-pyrrole nitrogens is 1. The molecule has 0 aliphatic carbocycles. The van der Waals surface area contributed by atoms with Crippen LogP contribution in [-0.2, 0) is 0 Å². The van der Waals surface area contributed by atoms with Gasteiger partial charge in [0.1, 0.15) is 5.39 Å². The van der Waals surface area contributed by atoms with Crippen molar-refractivity contribution in [2.24, 2.45) is 0 Å². The minimum atomic E-state index is -1.28. The summed E-state index contributed by atoms with van der Waals surface area (Å²) in [6.07, 6.45) is 1.10. The maximum atomic E-state index is 13.2. The van der Waals surface area contributed by atoms with Crippen LogP contribution >= 0.6 is 11.6 Å². The molecule has 1 aromatic carbocycles. The second-order valence-corrected chi connectivity index (χ2v) is 3.02. The van der Waals surface area contributed by atoms with Crippen molar-refractivity contribution in [2.45, 2.75) is 0 Å². The molecule has 0 saturated carbocycles. The van der Waals surface area contributed by atoms with Crippen LogP contribution in [0.5, 0.6) is 0 Å². The van der Waals surface area contributed by atoms with Gasteiger partial charge in [0.15, 0.2) is 11.6 Å². The van der Waals surface area contributed by atoms with Gasteiger partial charge in [0, 0.05) is 0 Å². The summed E-state index contributed by atoms with van der Waals surface area (Å²) in [4.78, 5) is 16.9. The van der Waals surface area contributed by atoms with Crippen LogP contribution in [-0.4, -0.2) is 9.97 Å². The SMILES string of the molecule is O=c1[nH]cnc2cc(Cl)c(F)c(F)c12. The van der Waals surface area contributed by atoms with Gasteiger partial charge in [-0.05, 0) is 6.07 Å².